The lowest BCUT2D eigenvalue weighted by Gasteiger charge is -2.17. The van der Waals surface area contributed by atoms with Crippen molar-refractivity contribution in [1.29, 1.82) is 0 Å². The fourth-order valence-electron chi connectivity index (χ4n) is 2.67. The first-order chi connectivity index (χ1) is 8.45. The Morgan fingerprint density at radius 1 is 0.765 bits per heavy atom. The van der Waals surface area contributed by atoms with E-state index in [9.17, 15) is 0 Å². The summed E-state index contributed by atoms with van der Waals surface area (Å²) in [5.74, 6) is 0.890. The maximum Gasteiger partial charge on any atom is 0.0624 e. The summed E-state index contributed by atoms with van der Waals surface area (Å²) >= 11 is 0. The van der Waals surface area contributed by atoms with Crippen molar-refractivity contribution in [2.24, 2.45) is 0 Å². The van der Waals surface area contributed by atoms with Crippen LogP contribution in [0.25, 0.3) is 0 Å². The zero-order valence-electron chi connectivity index (χ0n) is 9.53. The molecule has 1 fully saturated rings. The summed E-state index contributed by atoms with van der Waals surface area (Å²) in [6.45, 7) is 0. The van der Waals surface area contributed by atoms with Crippen molar-refractivity contribution in [1.82, 2.24) is 19.9 Å². The minimum Gasteiger partial charge on any atom is -0.261 e. The highest BCUT2D eigenvalue weighted by Crippen LogP contribution is 2.44. The molecule has 0 saturated heterocycles. The van der Waals surface area contributed by atoms with Crippen LogP contribution < -0.4 is 0 Å². The molecule has 4 heteroatoms. The van der Waals surface area contributed by atoms with Gasteiger partial charge in [-0.2, -0.15) is 0 Å². The van der Waals surface area contributed by atoms with Gasteiger partial charge in [-0.1, -0.05) is 6.42 Å². The van der Waals surface area contributed by atoms with Gasteiger partial charge in [0, 0.05) is 49.0 Å². The van der Waals surface area contributed by atoms with Crippen LogP contribution in [0.3, 0.4) is 0 Å². The first-order valence-corrected chi connectivity index (χ1v) is 5.97. The van der Waals surface area contributed by atoms with Crippen LogP contribution in [0.1, 0.15) is 42.5 Å². The maximum absolute atomic E-state index is 4.43. The topological polar surface area (TPSA) is 51.6 Å². The first-order valence-electron chi connectivity index (χ1n) is 5.97. The Balaban J connectivity index is 1.91. The minimum atomic E-state index is 0.445. The van der Waals surface area contributed by atoms with Gasteiger partial charge in [0.15, 0.2) is 0 Å². The molecule has 4 nitrogen and oxygen atoms in total. The second kappa shape index (κ2) is 4.57. The van der Waals surface area contributed by atoms with Gasteiger partial charge in [-0.3, -0.25) is 19.9 Å². The van der Waals surface area contributed by atoms with Crippen LogP contribution in [0.15, 0.2) is 37.2 Å². The molecule has 0 bridgehead atoms. The Labute approximate surface area is 100 Å². The third-order valence-electron chi connectivity index (χ3n) is 3.44. The molecule has 2 unspecified atom stereocenters. The minimum absolute atomic E-state index is 0.445. The Hall–Kier alpha value is -1.84. The van der Waals surface area contributed by atoms with E-state index >= 15 is 0 Å². The SMILES string of the molecule is c1cnc(C2CCCC2c2cnccn2)cn1. The van der Waals surface area contributed by atoms with E-state index in [-0.39, 0.29) is 0 Å². The third-order valence-corrected chi connectivity index (χ3v) is 3.44. The summed E-state index contributed by atoms with van der Waals surface area (Å²) in [5, 5.41) is 0. The van der Waals surface area contributed by atoms with E-state index in [0.29, 0.717) is 11.8 Å². The lowest BCUT2D eigenvalue weighted by Crippen LogP contribution is -2.08. The van der Waals surface area contributed by atoms with Gasteiger partial charge < -0.3 is 0 Å². The van der Waals surface area contributed by atoms with Crippen molar-refractivity contribution in [3.63, 3.8) is 0 Å². The lowest BCUT2D eigenvalue weighted by atomic mass is 9.90. The smallest absolute Gasteiger partial charge is 0.0624 e. The van der Waals surface area contributed by atoms with Gasteiger partial charge in [-0.15, -0.1) is 0 Å². The standard InChI is InChI=1S/C13H14N4/c1-2-10(12-8-14-4-6-16-12)11(3-1)13-9-15-5-7-17-13/h4-11H,1-3H2. The number of hydrogen-bond donors (Lipinski definition) is 0. The molecule has 0 aromatic carbocycles. The highest BCUT2D eigenvalue weighted by molar-refractivity contribution is 5.18. The Bertz CT molecular complexity index is 426. The van der Waals surface area contributed by atoms with Crippen LogP contribution in [0, 0.1) is 0 Å². The second-order valence-corrected chi connectivity index (χ2v) is 4.40. The van der Waals surface area contributed by atoms with Gasteiger partial charge in [0.05, 0.1) is 11.4 Å². The normalized spacial score (nSPS) is 23.8. The summed E-state index contributed by atoms with van der Waals surface area (Å²) in [6.07, 6.45) is 14.3. The molecule has 0 spiro atoms. The van der Waals surface area contributed by atoms with Gasteiger partial charge in [-0.25, -0.2) is 0 Å². The highest BCUT2D eigenvalue weighted by Gasteiger charge is 2.31. The van der Waals surface area contributed by atoms with Gasteiger partial charge in [-0.05, 0) is 12.8 Å². The Kier molecular flexibility index (Phi) is 2.78. The summed E-state index contributed by atoms with van der Waals surface area (Å²) in [7, 11) is 0. The fraction of sp³-hybridized carbons (Fsp3) is 0.385. The van der Waals surface area contributed by atoms with E-state index in [1.165, 1.54) is 19.3 Å². The average molecular weight is 226 g/mol. The molecular formula is C13H14N4. The third kappa shape index (κ3) is 2.02. The molecule has 86 valence electrons. The van der Waals surface area contributed by atoms with Gasteiger partial charge in [0.25, 0.3) is 0 Å². The number of rotatable bonds is 2. The first kappa shape index (κ1) is 10.3. The van der Waals surface area contributed by atoms with Crippen molar-refractivity contribution < 1.29 is 0 Å². The summed E-state index contributed by atoms with van der Waals surface area (Å²) < 4.78 is 0. The van der Waals surface area contributed by atoms with Crippen LogP contribution in [-0.2, 0) is 0 Å². The van der Waals surface area contributed by atoms with E-state index < -0.39 is 0 Å². The quantitative estimate of drug-likeness (QED) is 0.788. The molecule has 3 rings (SSSR count). The number of nitrogens with zero attached hydrogens (tertiary/aromatic N) is 4. The second-order valence-electron chi connectivity index (χ2n) is 4.40. The van der Waals surface area contributed by atoms with Gasteiger partial charge in [0.1, 0.15) is 0 Å². The predicted molar refractivity (Wildman–Crippen MR) is 63.4 cm³/mol. The van der Waals surface area contributed by atoms with Crippen molar-refractivity contribution in [3.05, 3.63) is 48.6 Å². The monoisotopic (exact) mass is 226 g/mol. The maximum atomic E-state index is 4.43. The number of aromatic nitrogens is 4. The molecule has 0 aliphatic heterocycles. The van der Waals surface area contributed by atoms with Gasteiger partial charge >= 0.3 is 0 Å². The summed E-state index contributed by atoms with van der Waals surface area (Å²) in [4.78, 5) is 17.2. The summed E-state index contributed by atoms with van der Waals surface area (Å²) in [6, 6.07) is 0. The molecule has 17 heavy (non-hydrogen) atoms. The molecule has 0 N–H and O–H groups in total. The zero-order chi connectivity index (χ0) is 11.5. The van der Waals surface area contributed by atoms with Crippen molar-refractivity contribution in [2.75, 3.05) is 0 Å². The molecule has 2 atom stereocenters. The lowest BCUT2D eigenvalue weighted by molar-refractivity contribution is 0.588. The fourth-order valence-corrected chi connectivity index (χ4v) is 2.67. The van der Waals surface area contributed by atoms with Crippen LogP contribution in [0.2, 0.25) is 0 Å². The highest BCUT2D eigenvalue weighted by atomic mass is 14.8. The van der Waals surface area contributed by atoms with Crippen molar-refractivity contribution in [2.45, 2.75) is 31.1 Å². The molecule has 2 heterocycles. The van der Waals surface area contributed by atoms with Crippen LogP contribution in [-0.4, -0.2) is 19.9 Å². The molecule has 1 aliphatic rings. The van der Waals surface area contributed by atoms with Crippen molar-refractivity contribution >= 4 is 0 Å². The Morgan fingerprint density at radius 3 is 1.71 bits per heavy atom. The molecule has 2 aromatic heterocycles. The van der Waals surface area contributed by atoms with Crippen LogP contribution >= 0.6 is 0 Å². The molecule has 2 aromatic rings. The van der Waals surface area contributed by atoms with E-state index in [1.54, 1.807) is 24.8 Å². The molecule has 0 radical (unpaired) electrons. The average Bonchev–Trinajstić information content (AvgIpc) is 2.90. The zero-order valence-corrected chi connectivity index (χ0v) is 9.53. The molecule has 1 aliphatic carbocycles. The van der Waals surface area contributed by atoms with Crippen LogP contribution in [0.5, 0.6) is 0 Å². The van der Waals surface area contributed by atoms with E-state index in [4.69, 9.17) is 0 Å². The molecule has 0 amide bonds. The summed E-state index contributed by atoms with van der Waals surface area (Å²) in [5.41, 5.74) is 2.17. The van der Waals surface area contributed by atoms with E-state index in [2.05, 4.69) is 19.9 Å². The number of hydrogen-bond acceptors (Lipinski definition) is 4. The molecule has 1 saturated carbocycles. The largest absolute Gasteiger partial charge is 0.261 e. The van der Waals surface area contributed by atoms with Gasteiger partial charge in [0.2, 0.25) is 0 Å². The van der Waals surface area contributed by atoms with Crippen molar-refractivity contribution in [3.8, 4) is 0 Å². The predicted octanol–water partition coefficient (Wildman–Crippen LogP) is 2.32. The van der Waals surface area contributed by atoms with E-state index in [0.717, 1.165) is 11.4 Å². The molecular weight excluding hydrogens is 212 g/mol. The van der Waals surface area contributed by atoms with Crippen LogP contribution in [0.4, 0.5) is 0 Å². The van der Waals surface area contributed by atoms with E-state index in [1.807, 2.05) is 12.4 Å². The Morgan fingerprint density at radius 2 is 1.29 bits per heavy atom.